The van der Waals surface area contributed by atoms with Crippen LogP contribution in [0.25, 0.3) is 0 Å². The molecule has 1 aliphatic rings. The Hall–Kier alpha value is -1.97. The first kappa shape index (κ1) is 23.2. The molecule has 0 spiro atoms. The van der Waals surface area contributed by atoms with Crippen LogP contribution in [0.2, 0.25) is 19.6 Å². The Morgan fingerprint density at radius 3 is 1.69 bits per heavy atom. The van der Waals surface area contributed by atoms with Gasteiger partial charge in [-0.05, 0) is 39.9 Å². The molecule has 1 saturated heterocycles. The first-order valence-corrected chi connectivity index (χ1v) is 16.4. The van der Waals surface area contributed by atoms with Crippen LogP contribution in [0.15, 0.2) is 91.0 Å². The van der Waals surface area contributed by atoms with Crippen molar-refractivity contribution in [1.82, 2.24) is 0 Å². The molecule has 2 atom stereocenters. The van der Waals surface area contributed by atoms with Crippen LogP contribution in [-0.2, 0) is 19.5 Å². The second-order valence-electron chi connectivity index (χ2n) is 10.2. The smallest absolute Gasteiger partial charge is 0.196 e. The topological polar surface area (TPSA) is 35.5 Å². The van der Waals surface area contributed by atoms with E-state index < -0.39 is 26.8 Å². The van der Waals surface area contributed by atoms with Gasteiger partial charge in [-0.1, -0.05) is 91.0 Å². The van der Waals surface area contributed by atoms with Crippen molar-refractivity contribution in [2.45, 2.75) is 57.0 Å². The maximum absolute atomic E-state index is 15.4. The molecule has 0 radical (unpaired) electrons. The summed E-state index contributed by atoms with van der Waals surface area (Å²) in [5.74, 6) is -1.09. The Morgan fingerprint density at radius 2 is 1.25 bits per heavy atom. The zero-order chi connectivity index (χ0) is 23.0. The van der Waals surface area contributed by atoms with E-state index in [4.69, 9.17) is 9.16 Å². The molecule has 0 amide bonds. The standard InChI is InChI=1S/C27H33O3PSi/c1-26(2)21-25(27(29-26,30-32(3,4)5)22-15-9-6-10-16-22)31(28,23-17-11-7-12-18-23)24-19-13-8-14-20-24/h6-20,25H,21H2,1-5H3/t25-,27-/m0/s1. The van der Waals surface area contributed by atoms with Crippen molar-refractivity contribution < 1.29 is 13.7 Å². The second-order valence-corrected chi connectivity index (χ2v) is 17.6. The van der Waals surface area contributed by atoms with Gasteiger partial charge in [-0.15, -0.1) is 0 Å². The lowest BCUT2D eigenvalue weighted by Gasteiger charge is -2.43. The summed E-state index contributed by atoms with van der Waals surface area (Å²) in [4.78, 5) is 0. The van der Waals surface area contributed by atoms with Crippen LogP contribution in [0.5, 0.6) is 0 Å². The summed E-state index contributed by atoms with van der Waals surface area (Å²) < 4.78 is 29.2. The Balaban J connectivity index is 2.03. The van der Waals surface area contributed by atoms with Crippen molar-refractivity contribution >= 4 is 26.1 Å². The molecule has 0 saturated carbocycles. The van der Waals surface area contributed by atoms with Gasteiger partial charge in [-0.25, -0.2) is 0 Å². The third-order valence-electron chi connectivity index (χ3n) is 5.90. The molecule has 1 fully saturated rings. The van der Waals surface area contributed by atoms with E-state index >= 15 is 4.57 Å². The fourth-order valence-corrected chi connectivity index (χ4v) is 9.81. The number of benzene rings is 3. The molecule has 4 rings (SSSR count). The van der Waals surface area contributed by atoms with Crippen molar-refractivity contribution in [2.75, 3.05) is 0 Å². The summed E-state index contributed by atoms with van der Waals surface area (Å²) in [6, 6.07) is 29.9. The summed E-state index contributed by atoms with van der Waals surface area (Å²) in [6.07, 6.45) is 0.632. The lowest BCUT2D eigenvalue weighted by Crippen LogP contribution is -2.49. The van der Waals surface area contributed by atoms with E-state index in [1.807, 2.05) is 78.9 Å². The van der Waals surface area contributed by atoms with Crippen molar-refractivity contribution in [1.29, 1.82) is 0 Å². The molecule has 3 aromatic carbocycles. The third kappa shape index (κ3) is 4.30. The Bertz CT molecular complexity index is 1050. The minimum absolute atomic E-state index is 0.357. The second kappa shape index (κ2) is 8.42. The summed E-state index contributed by atoms with van der Waals surface area (Å²) in [5, 5.41) is 1.69. The molecule has 3 nitrogen and oxygen atoms in total. The molecule has 3 aromatic rings. The third-order valence-corrected chi connectivity index (χ3v) is 10.4. The molecule has 5 heteroatoms. The van der Waals surface area contributed by atoms with E-state index in [-0.39, 0.29) is 5.66 Å². The molecule has 0 aromatic heterocycles. The van der Waals surface area contributed by atoms with Gasteiger partial charge in [0.05, 0.1) is 11.3 Å². The minimum atomic E-state index is -3.15. The van der Waals surface area contributed by atoms with Crippen LogP contribution in [0.1, 0.15) is 25.8 Å². The van der Waals surface area contributed by atoms with E-state index in [0.29, 0.717) is 6.42 Å². The summed E-state index contributed by atoms with van der Waals surface area (Å²) in [5.41, 5.74) is 0.0911. The van der Waals surface area contributed by atoms with Crippen molar-refractivity contribution in [3.8, 4) is 0 Å². The zero-order valence-electron chi connectivity index (χ0n) is 19.6. The van der Waals surface area contributed by atoms with Crippen molar-refractivity contribution in [3.63, 3.8) is 0 Å². The van der Waals surface area contributed by atoms with E-state index in [9.17, 15) is 0 Å². The first-order chi connectivity index (χ1) is 15.1. The normalized spacial score (nSPS) is 23.2. The van der Waals surface area contributed by atoms with Gasteiger partial charge in [0.25, 0.3) is 0 Å². The van der Waals surface area contributed by atoms with E-state index in [0.717, 1.165) is 16.2 Å². The molecular weight excluding hydrogens is 431 g/mol. The quantitative estimate of drug-likeness (QED) is 0.318. The number of hydrogen-bond donors (Lipinski definition) is 0. The van der Waals surface area contributed by atoms with Gasteiger partial charge < -0.3 is 13.7 Å². The highest BCUT2D eigenvalue weighted by atomic mass is 31.2. The highest BCUT2D eigenvalue weighted by Gasteiger charge is 2.62. The monoisotopic (exact) mass is 464 g/mol. The molecule has 0 aliphatic carbocycles. The van der Waals surface area contributed by atoms with Crippen LogP contribution in [0, 0.1) is 0 Å². The molecule has 0 bridgehead atoms. The molecular formula is C27H33O3PSi. The van der Waals surface area contributed by atoms with Crippen LogP contribution in [0.3, 0.4) is 0 Å². The lowest BCUT2D eigenvalue weighted by atomic mass is 9.99. The Labute approximate surface area is 193 Å². The SMILES string of the molecule is CC1(C)C[C@H](P(=O)(c2ccccc2)c2ccccc2)[C@@](O[Si](C)(C)C)(c2ccccc2)O1. The lowest BCUT2D eigenvalue weighted by molar-refractivity contribution is -0.208. The number of ether oxygens (including phenoxy) is 1. The zero-order valence-corrected chi connectivity index (χ0v) is 21.5. The average Bonchev–Trinajstić information content (AvgIpc) is 3.05. The molecule has 1 aliphatic heterocycles. The Morgan fingerprint density at radius 1 is 0.812 bits per heavy atom. The van der Waals surface area contributed by atoms with Gasteiger partial charge in [-0.2, -0.15) is 0 Å². The summed E-state index contributed by atoms with van der Waals surface area (Å²) in [6.45, 7) is 10.7. The van der Waals surface area contributed by atoms with Gasteiger partial charge in [0.2, 0.25) is 0 Å². The van der Waals surface area contributed by atoms with E-state index in [2.05, 4.69) is 45.6 Å². The van der Waals surface area contributed by atoms with Gasteiger partial charge in [-0.3, -0.25) is 0 Å². The fraction of sp³-hybridized carbons (Fsp3) is 0.333. The molecule has 32 heavy (non-hydrogen) atoms. The van der Waals surface area contributed by atoms with Gasteiger partial charge >= 0.3 is 0 Å². The van der Waals surface area contributed by atoms with Gasteiger partial charge in [0, 0.05) is 16.2 Å². The van der Waals surface area contributed by atoms with Gasteiger partial charge in [0.15, 0.2) is 21.2 Å². The predicted octanol–water partition coefficient (Wildman–Crippen LogP) is 6.27. The fourth-order valence-electron chi connectivity index (χ4n) is 4.82. The highest BCUT2D eigenvalue weighted by molar-refractivity contribution is 7.79. The molecule has 168 valence electrons. The minimum Gasteiger partial charge on any atom is -0.387 e. The van der Waals surface area contributed by atoms with E-state index in [1.165, 1.54) is 0 Å². The highest BCUT2D eigenvalue weighted by Crippen LogP contribution is 2.64. The maximum atomic E-state index is 15.4. The summed E-state index contributed by atoms with van der Waals surface area (Å²) >= 11 is 0. The van der Waals surface area contributed by atoms with Gasteiger partial charge in [0.1, 0.15) is 0 Å². The summed E-state index contributed by atoms with van der Waals surface area (Å²) in [7, 11) is -5.26. The number of hydrogen-bond acceptors (Lipinski definition) is 3. The van der Waals surface area contributed by atoms with E-state index in [1.54, 1.807) is 0 Å². The van der Waals surface area contributed by atoms with Crippen molar-refractivity contribution in [2.24, 2.45) is 0 Å². The predicted molar refractivity (Wildman–Crippen MR) is 136 cm³/mol. The van der Waals surface area contributed by atoms with Crippen LogP contribution < -0.4 is 10.6 Å². The van der Waals surface area contributed by atoms with Crippen molar-refractivity contribution in [3.05, 3.63) is 96.6 Å². The molecule has 0 unspecified atom stereocenters. The molecule has 1 heterocycles. The van der Waals surface area contributed by atoms with Crippen LogP contribution in [0.4, 0.5) is 0 Å². The first-order valence-electron chi connectivity index (χ1n) is 11.2. The Kier molecular flexibility index (Phi) is 6.11. The van der Waals surface area contributed by atoms with Crippen LogP contribution in [-0.4, -0.2) is 19.6 Å². The molecule has 0 N–H and O–H groups in total. The maximum Gasteiger partial charge on any atom is 0.196 e. The average molecular weight is 465 g/mol. The largest absolute Gasteiger partial charge is 0.387 e. The van der Waals surface area contributed by atoms with Crippen LogP contribution >= 0.6 is 7.14 Å². The number of rotatable bonds is 6.